The number of carbonyl (C=O) groups excluding carboxylic acids is 1. The predicted molar refractivity (Wildman–Crippen MR) is 77.9 cm³/mol. The van der Waals surface area contributed by atoms with Crippen LogP contribution in [0.15, 0.2) is 18.2 Å². The summed E-state index contributed by atoms with van der Waals surface area (Å²) in [6.07, 6.45) is 0.812. The van der Waals surface area contributed by atoms with Crippen molar-refractivity contribution in [2.75, 3.05) is 6.54 Å². The van der Waals surface area contributed by atoms with E-state index in [1.165, 1.54) is 16.7 Å². The van der Waals surface area contributed by atoms with E-state index in [0.717, 1.165) is 13.0 Å². The average Bonchev–Trinajstić information content (AvgIpc) is 2.62. The second-order valence-corrected chi connectivity index (χ2v) is 5.68. The summed E-state index contributed by atoms with van der Waals surface area (Å²) in [5.41, 5.74) is 3.27. The second kappa shape index (κ2) is 4.97. The third kappa shape index (κ3) is 2.27. The zero-order chi connectivity index (χ0) is 14.2. The lowest BCUT2D eigenvalue weighted by molar-refractivity contribution is -0.132. The van der Waals surface area contributed by atoms with Crippen molar-refractivity contribution in [3.05, 3.63) is 34.9 Å². The maximum absolute atomic E-state index is 12.5. The Morgan fingerprint density at radius 2 is 2.00 bits per heavy atom. The van der Waals surface area contributed by atoms with Crippen LogP contribution in [0.5, 0.6) is 0 Å². The molecule has 1 aliphatic heterocycles. The van der Waals surface area contributed by atoms with Crippen molar-refractivity contribution in [2.45, 2.75) is 52.7 Å². The van der Waals surface area contributed by atoms with E-state index in [2.05, 4.69) is 44.3 Å². The molecule has 1 saturated heterocycles. The molecule has 1 N–H and O–H groups in total. The van der Waals surface area contributed by atoms with Crippen LogP contribution in [0.1, 0.15) is 50.0 Å². The first-order chi connectivity index (χ1) is 8.92. The summed E-state index contributed by atoms with van der Waals surface area (Å²) in [5, 5.41) is 3.52. The summed E-state index contributed by atoms with van der Waals surface area (Å²) < 4.78 is 0. The van der Waals surface area contributed by atoms with Crippen molar-refractivity contribution in [3.63, 3.8) is 0 Å². The molecule has 2 atom stereocenters. The van der Waals surface area contributed by atoms with Crippen LogP contribution in [0.2, 0.25) is 0 Å². The topological polar surface area (TPSA) is 32.3 Å². The fraction of sp³-hybridized carbons (Fsp3) is 0.562. The van der Waals surface area contributed by atoms with E-state index in [1.807, 2.05) is 18.7 Å². The molecule has 3 nitrogen and oxygen atoms in total. The van der Waals surface area contributed by atoms with Crippen LogP contribution in [0.3, 0.4) is 0 Å². The predicted octanol–water partition coefficient (Wildman–Crippen LogP) is 2.92. The summed E-state index contributed by atoms with van der Waals surface area (Å²) in [4.78, 5) is 14.5. The number of nitrogens with zero attached hydrogens (tertiary/aromatic N) is 1. The van der Waals surface area contributed by atoms with E-state index in [1.54, 1.807) is 0 Å². The molecule has 19 heavy (non-hydrogen) atoms. The summed E-state index contributed by atoms with van der Waals surface area (Å²) in [5.74, 6) is 0.211. The van der Waals surface area contributed by atoms with Crippen molar-refractivity contribution in [3.8, 4) is 0 Å². The lowest BCUT2D eigenvalue weighted by Crippen LogP contribution is -2.43. The maximum Gasteiger partial charge on any atom is 0.244 e. The maximum atomic E-state index is 12.5. The second-order valence-electron chi connectivity index (χ2n) is 5.68. The monoisotopic (exact) mass is 260 g/mol. The van der Waals surface area contributed by atoms with Gasteiger partial charge in [0.25, 0.3) is 0 Å². The summed E-state index contributed by atoms with van der Waals surface area (Å²) in [7, 11) is 0. The molecule has 0 aliphatic carbocycles. The molecule has 0 bridgehead atoms. The number of nitrogens with one attached hydrogen (secondary N) is 1. The van der Waals surface area contributed by atoms with Gasteiger partial charge in [-0.2, -0.15) is 0 Å². The van der Waals surface area contributed by atoms with Gasteiger partial charge < -0.3 is 4.90 Å². The Bertz CT molecular complexity index is 498. The van der Waals surface area contributed by atoms with Gasteiger partial charge in [-0.1, -0.05) is 30.7 Å². The standard InChI is InChI=1S/C16H24N2O/c1-6-16(5)15(19)18(7-2)14(17-16)13-9-8-11(3)10-12(13)4/h8-10,14,17H,6-7H2,1-5H3. The van der Waals surface area contributed by atoms with Crippen LogP contribution in [0.4, 0.5) is 0 Å². The van der Waals surface area contributed by atoms with Gasteiger partial charge in [0, 0.05) is 6.54 Å². The highest BCUT2D eigenvalue weighted by molar-refractivity contribution is 5.88. The van der Waals surface area contributed by atoms with Crippen molar-refractivity contribution >= 4 is 5.91 Å². The highest BCUT2D eigenvalue weighted by Gasteiger charge is 2.46. The molecule has 0 radical (unpaired) electrons. The van der Waals surface area contributed by atoms with Crippen molar-refractivity contribution in [2.24, 2.45) is 0 Å². The van der Waals surface area contributed by atoms with Crippen LogP contribution >= 0.6 is 0 Å². The van der Waals surface area contributed by atoms with E-state index in [-0.39, 0.29) is 12.1 Å². The molecule has 1 heterocycles. The van der Waals surface area contributed by atoms with Crippen LogP contribution in [-0.4, -0.2) is 22.9 Å². The Kier molecular flexibility index (Phi) is 3.68. The Labute approximate surface area is 116 Å². The Morgan fingerprint density at radius 1 is 1.32 bits per heavy atom. The molecule has 2 rings (SSSR count). The number of benzene rings is 1. The van der Waals surface area contributed by atoms with Crippen LogP contribution in [0, 0.1) is 13.8 Å². The minimum absolute atomic E-state index is 0.00282. The van der Waals surface area contributed by atoms with E-state index in [9.17, 15) is 4.79 Å². The molecule has 1 fully saturated rings. The average molecular weight is 260 g/mol. The number of hydrogen-bond acceptors (Lipinski definition) is 2. The molecular weight excluding hydrogens is 236 g/mol. The lowest BCUT2D eigenvalue weighted by Gasteiger charge is -2.24. The first-order valence-electron chi connectivity index (χ1n) is 7.09. The lowest BCUT2D eigenvalue weighted by atomic mass is 9.99. The summed E-state index contributed by atoms with van der Waals surface area (Å²) >= 11 is 0. The smallest absolute Gasteiger partial charge is 0.244 e. The molecular formula is C16H24N2O. The van der Waals surface area contributed by atoms with Gasteiger partial charge in [-0.25, -0.2) is 0 Å². The van der Waals surface area contributed by atoms with Gasteiger partial charge in [-0.15, -0.1) is 0 Å². The number of aryl methyl sites for hydroxylation is 2. The molecule has 1 aromatic carbocycles. The van der Waals surface area contributed by atoms with Crippen LogP contribution in [0.25, 0.3) is 0 Å². The molecule has 2 unspecified atom stereocenters. The first kappa shape index (κ1) is 14.1. The molecule has 1 aromatic rings. The molecule has 0 spiro atoms. The highest BCUT2D eigenvalue weighted by atomic mass is 16.2. The molecule has 0 saturated carbocycles. The quantitative estimate of drug-likeness (QED) is 0.906. The van der Waals surface area contributed by atoms with Gasteiger partial charge >= 0.3 is 0 Å². The number of carbonyl (C=O) groups is 1. The van der Waals surface area contributed by atoms with Gasteiger partial charge in [0.1, 0.15) is 6.17 Å². The van der Waals surface area contributed by atoms with Crippen LogP contribution < -0.4 is 5.32 Å². The first-order valence-corrected chi connectivity index (χ1v) is 7.09. The number of amides is 1. The number of rotatable bonds is 3. The third-order valence-corrected chi connectivity index (χ3v) is 4.27. The van der Waals surface area contributed by atoms with Gasteiger partial charge in [0.15, 0.2) is 0 Å². The van der Waals surface area contributed by atoms with Gasteiger partial charge in [0.2, 0.25) is 5.91 Å². The van der Waals surface area contributed by atoms with Gasteiger partial charge in [-0.05, 0) is 45.2 Å². The highest BCUT2D eigenvalue weighted by Crippen LogP contribution is 2.33. The minimum Gasteiger partial charge on any atom is -0.322 e. The zero-order valence-corrected chi connectivity index (χ0v) is 12.6. The summed E-state index contributed by atoms with van der Waals surface area (Å²) in [6.45, 7) is 11.0. The Hall–Kier alpha value is -1.35. The molecule has 3 heteroatoms. The molecule has 1 aliphatic rings. The van der Waals surface area contributed by atoms with Crippen molar-refractivity contribution in [1.29, 1.82) is 0 Å². The minimum atomic E-state index is -0.433. The fourth-order valence-corrected chi connectivity index (χ4v) is 2.83. The fourth-order valence-electron chi connectivity index (χ4n) is 2.83. The Morgan fingerprint density at radius 3 is 2.53 bits per heavy atom. The van der Waals surface area contributed by atoms with Crippen molar-refractivity contribution < 1.29 is 4.79 Å². The van der Waals surface area contributed by atoms with Gasteiger partial charge in [0.05, 0.1) is 5.54 Å². The molecule has 0 aromatic heterocycles. The number of hydrogen-bond donors (Lipinski definition) is 1. The summed E-state index contributed by atoms with van der Waals surface area (Å²) in [6, 6.07) is 6.43. The normalized spacial score (nSPS) is 27.1. The van der Waals surface area contributed by atoms with Crippen LogP contribution in [-0.2, 0) is 4.79 Å². The van der Waals surface area contributed by atoms with Gasteiger partial charge in [-0.3, -0.25) is 10.1 Å². The van der Waals surface area contributed by atoms with E-state index < -0.39 is 5.54 Å². The Balaban J connectivity index is 2.41. The van der Waals surface area contributed by atoms with Crippen molar-refractivity contribution in [1.82, 2.24) is 10.2 Å². The SMILES string of the molecule is CCN1C(=O)C(C)(CC)NC1c1ccc(C)cc1C. The van der Waals surface area contributed by atoms with E-state index in [4.69, 9.17) is 0 Å². The third-order valence-electron chi connectivity index (χ3n) is 4.27. The zero-order valence-electron chi connectivity index (χ0n) is 12.6. The largest absolute Gasteiger partial charge is 0.322 e. The van der Waals surface area contributed by atoms with E-state index in [0.29, 0.717) is 0 Å². The van der Waals surface area contributed by atoms with E-state index >= 15 is 0 Å². The number of likely N-dealkylation sites (N-methyl/N-ethyl adjacent to an activating group) is 1. The molecule has 104 valence electrons. The molecule has 1 amide bonds.